The van der Waals surface area contributed by atoms with E-state index in [4.69, 9.17) is 9.15 Å². The van der Waals surface area contributed by atoms with Gasteiger partial charge in [0.15, 0.2) is 0 Å². The average Bonchev–Trinajstić information content (AvgIpc) is 3.26. The number of anilines is 1. The molecule has 0 unspecified atom stereocenters. The maximum Gasteiger partial charge on any atom is 0.257 e. The molecule has 2 heterocycles. The number of ether oxygens (including phenoxy) is 1. The van der Waals surface area contributed by atoms with Gasteiger partial charge in [0.1, 0.15) is 11.8 Å². The Morgan fingerprint density at radius 2 is 1.81 bits per heavy atom. The Morgan fingerprint density at radius 1 is 1.09 bits per heavy atom. The number of hydrogen-bond donors (Lipinski definition) is 0. The summed E-state index contributed by atoms with van der Waals surface area (Å²) < 4.78 is 11.2. The molecule has 4 rings (SSSR count). The van der Waals surface area contributed by atoms with Crippen LogP contribution in [0.15, 0.2) is 52.9 Å². The molecule has 0 saturated carbocycles. The molecular weight excluding hydrogens is 404 g/mol. The largest absolute Gasteiger partial charge is 0.496 e. The molecule has 0 atom stereocenters. The van der Waals surface area contributed by atoms with Crippen molar-refractivity contribution in [2.75, 3.05) is 38.2 Å². The normalized spacial score (nSPS) is 13.9. The first kappa shape index (κ1) is 21.2. The maximum atomic E-state index is 12.9. The first-order chi connectivity index (χ1) is 15.6. The Labute approximate surface area is 187 Å². The van der Waals surface area contributed by atoms with Crippen LogP contribution in [-0.2, 0) is 0 Å². The number of carbonyl (C=O) groups is 1. The van der Waals surface area contributed by atoms with Crippen molar-refractivity contribution in [2.24, 2.45) is 0 Å². The Bertz CT molecular complexity index is 1170. The summed E-state index contributed by atoms with van der Waals surface area (Å²) in [6.07, 6.45) is 3.66. The molecule has 0 aliphatic carbocycles. The summed E-state index contributed by atoms with van der Waals surface area (Å²) in [6.45, 7) is 4.16. The molecule has 0 N–H and O–H groups in total. The summed E-state index contributed by atoms with van der Waals surface area (Å²) in [7, 11) is 1.56. The van der Waals surface area contributed by atoms with E-state index in [9.17, 15) is 10.1 Å². The molecule has 1 aliphatic rings. The predicted octanol–water partition coefficient (Wildman–Crippen LogP) is 4.00. The summed E-state index contributed by atoms with van der Waals surface area (Å²) in [6, 6.07) is 17.4. The zero-order valence-corrected chi connectivity index (χ0v) is 18.1. The van der Waals surface area contributed by atoms with Gasteiger partial charge in [-0.2, -0.15) is 10.2 Å². The van der Waals surface area contributed by atoms with Crippen LogP contribution < -0.4 is 9.64 Å². The molecule has 2 aromatic carbocycles. The van der Waals surface area contributed by atoms with Gasteiger partial charge in [-0.25, -0.2) is 0 Å². The van der Waals surface area contributed by atoms with E-state index in [2.05, 4.69) is 11.1 Å². The van der Waals surface area contributed by atoms with Crippen LogP contribution in [0.1, 0.15) is 33.1 Å². The van der Waals surface area contributed by atoms with Gasteiger partial charge >= 0.3 is 0 Å². The summed E-state index contributed by atoms with van der Waals surface area (Å²) in [4.78, 5) is 21.0. The minimum Gasteiger partial charge on any atom is -0.496 e. The summed E-state index contributed by atoms with van der Waals surface area (Å²) in [5.41, 5.74) is 3.01. The Balaban J connectivity index is 1.45. The molecule has 1 aromatic heterocycles. The lowest BCUT2D eigenvalue weighted by atomic mass is 10.1. The van der Waals surface area contributed by atoms with Gasteiger partial charge in [-0.15, -0.1) is 0 Å². The van der Waals surface area contributed by atoms with Gasteiger partial charge < -0.3 is 19.0 Å². The highest BCUT2D eigenvalue weighted by Gasteiger charge is 2.27. The Kier molecular flexibility index (Phi) is 6.22. The van der Waals surface area contributed by atoms with Crippen LogP contribution in [0.3, 0.4) is 0 Å². The van der Waals surface area contributed by atoms with E-state index in [0.29, 0.717) is 49.3 Å². The fourth-order valence-electron chi connectivity index (χ4n) is 3.64. The number of piperazine rings is 1. The third-order valence-electron chi connectivity index (χ3n) is 5.42. The van der Waals surface area contributed by atoms with Crippen LogP contribution in [0, 0.1) is 18.3 Å². The highest BCUT2D eigenvalue weighted by molar-refractivity contribution is 5.97. The third-order valence-corrected chi connectivity index (χ3v) is 5.42. The SMILES string of the molecule is COc1ccccc1C(=O)N1CCN(c2oc(C=Cc3ccc(C)cc3)nc2C#N)CC1. The van der Waals surface area contributed by atoms with Crippen LogP contribution in [0.5, 0.6) is 5.75 Å². The van der Waals surface area contributed by atoms with Crippen LogP contribution >= 0.6 is 0 Å². The van der Waals surface area contributed by atoms with Gasteiger partial charge in [-0.3, -0.25) is 4.79 Å². The van der Waals surface area contributed by atoms with Crippen molar-refractivity contribution < 1.29 is 13.9 Å². The van der Waals surface area contributed by atoms with Gasteiger partial charge in [0.2, 0.25) is 17.5 Å². The summed E-state index contributed by atoms with van der Waals surface area (Å²) in [5.74, 6) is 1.32. The lowest BCUT2D eigenvalue weighted by molar-refractivity contribution is 0.0742. The number of para-hydroxylation sites is 1. The average molecular weight is 428 g/mol. The lowest BCUT2D eigenvalue weighted by Crippen LogP contribution is -2.49. The minimum atomic E-state index is -0.0677. The molecule has 162 valence electrons. The van der Waals surface area contributed by atoms with Gasteiger partial charge in [0.25, 0.3) is 5.91 Å². The predicted molar refractivity (Wildman–Crippen MR) is 122 cm³/mol. The van der Waals surface area contributed by atoms with Crippen LogP contribution in [0.2, 0.25) is 0 Å². The second-order valence-electron chi connectivity index (χ2n) is 7.54. The second-order valence-corrected chi connectivity index (χ2v) is 7.54. The van der Waals surface area contributed by atoms with Crippen molar-refractivity contribution in [1.29, 1.82) is 5.26 Å². The number of aryl methyl sites for hydroxylation is 1. The number of carbonyl (C=O) groups excluding carboxylic acids is 1. The van der Waals surface area contributed by atoms with E-state index in [1.807, 2.05) is 54.3 Å². The lowest BCUT2D eigenvalue weighted by Gasteiger charge is -2.34. The zero-order valence-electron chi connectivity index (χ0n) is 18.1. The smallest absolute Gasteiger partial charge is 0.257 e. The number of oxazole rings is 1. The number of hydrogen-bond acceptors (Lipinski definition) is 6. The van der Waals surface area contributed by atoms with Crippen molar-refractivity contribution in [2.45, 2.75) is 6.92 Å². The van der Waals surface area contributed by atoms with Crippen LogP contribution in [0.25, 0.3) is 12.2 Å². The summed E-state index contributed by atoms with van der Waals surface area (Å²) in [5, 5.41) is 9.52. The van der Waals surface area contributed by atoms with Crippen LogP contribution in [0.4, 0.5) is 5.88 Å². The molecule has 0 radical (unpaired) electrons. The number of nitriles is 1. The number of nitrogens with zero attached hydrogens (tertiary/aromatic N) is 4. The first-order valence-electron chi connectivity index (χ1n) is 10.4. The van der Waals surface area contributed by atoms with Gasteiger partial charge in [-0.1, -0.05) is 42.0 Å². The molecule has 3 aromatic rings. The fourth-order valence-corrected chi connectivity index (χ4v) is 3.64. The highest BCUT2D eigenvalue weighted by atomic mass is 16.5. The van der Waals surface area contributed by atoms with Crippen molar-refractivity contribution in [3.05, 3.63) is 76.8 Å². The number of aromatic nitrogens is 1. The van der Waals surface area contributed by atoms with E-state index >= 15 is 0 Å². The molecule has 0 spiro atoms. The number of amides is 1. The zero-order chi connectivity index (χ0) is 22.5. The molecule has 1 amide bonds. The van der Waals surface area contributed by atoms with Crippen molar-refractivity contribution in [1.82, 2.24) is 9.88 Å². The molecule has 1 saturated heterocycles. The molecule has 1 aliphatic heterocycles. The third kappa shape index (κ3) is 4.49. The maximum absolute atomic E-state index is 12.9. The molecule has 7 nitrogen and oxygen atoms in total. The van der Waals surface area contributed by atoms with E-state index in [-0.39, 0.29) is 11.6 Å². The molecule has 0 bridgehead atoms. The topological polar surface area (TPSA) is 82.6 Å². The number of benzene rings is 2. The molecule has 7 heteroatoms. The summed E-state index contributed by atoms with van der Waals surface area (Å²) >= 11 is 0. The molecule has 32 heavy (non-hydrogen) atoms. The minimum absolute atomic E-state index is 0.0677. The highest BCUT2D eigenvalue weighted by Crippen LogP contribution is 2.25. The van der Waals surface area contributed by atoms with E-state index < -0.39 is 0 Å². The molecule has 1 fully saturated rings. The van der Waals surface area contributed by atoms with Crippen LogP contribution in [-0.4, -0.2) is 49.1 Å². The van der Waals surface area contributed by atoms with Gasteiger partial charge in [0, 0.05) is 32.3 Å². The first-order valence-corrected chi connectivity index (χ1v) is 10.4. The Morgan fingerprint density at radius 3 is 2.50 bits per heavy atom. The quantitative estimate of drug-likeness (QED) is 0.611. The van der Waals surface area contributed by atoms with E-state index in [1.54, 1.807) is 30.2 Å². The monoisotopic (exact) mass is 428 g/mol. The van der Waals surface area contributed by atoms with Crippen molar-refractivity contribution >= 4 is 23.9 Å². The van der Waals surface area contributed by atoms with E-state index in [0.717, 1.165) is 5.56 Å². The Hall–Kier alpha value is -4.05. The number of rotatable bonds is 5. The fraction of sp³-hybridized carbons (Fsp3) is 0.240. The molecular formula is C25H24N4O3. The van der Waals surface area contributed by atoms with E-state index in [1.165, 1.54) is 5.56 Å². The van der Waals surface area contributed by atoms with Crippen molar-refractivity contribution in [3.63, 3.8) is 0 Å². The standard InChI is InChI=1S/C25H24N4O3/c1-18-7-9-19(10-8-18)11-12-23-27-21(17-26)25(32-23)29-15-13-28(14-16-29)24(30)20-5-3-4-6-22(20)31-2/h3-12H,13-16H2,1-2H3. The van der Waals surface area contributed by atoms with Gasteiger partial charge in [0.05, 0.1) is 12.7 Å². The van der Waals surface area contributed by atoms with Crippen molar-refractivity contribution in [3.8, 4) is 11.8 Å². The number of methoxy groups -OCH3 is 1. The van der Waals surface area contributed by atoms with Gasteiger partial charge in [-0.05, 0) is 30.7 Å². The second kappa shape index (κ2) is 9.40.